The average Bonchev–Trinajstić information content (AvgIpc) is 3.59. The van der Waals surface area contributed by atoms with E-state index in [0.29, 0.717) is 18.4 Å². The molecule has 1 amide bonds. The monoisotopic (exact) mass is 674 g/mol. The van der Waals surface area contributed by atoms with Crippen LogP contribution in [-0.4, -0.2) is 70.3 Å². The number of allylic oxidation sites excluding steroid dienone is 4. The van der Waals surface area contributed by atoms with Crippen LogP contribution < -0.4 is 5.32 Å². The van der Waals surface area contributed by atoms with Crippen LogP contribution in [0, 0.1) is 40.4 Å². The lowest BCUT2D eigenvalue weighted by Crippen LogP contribution is -2.64. The smallest absolute Gasteiger partial charge is 0.329 e. The molecule has 10 heteroatoms. The summed E-state index contributed by atoms with van der Waals surface area (Å²) in [4.78, 5) is 57.5. The first-order valence-electron chi connectivity index (χ1n) is 18.3. The van der Waals surface area contributed by atoms with Crippen LogP contribution in [0.25, 0.3) is 0 Å². The van der Waals surface area contributed by atoms with Crippen molar-refractivity contribution in [2.45, 2.75) is 116 Å². The largest absolute Gasteiger partial charge is 0.456 e. The van der Waals surface area contributed by atoms with Crippen LogP contribution in [-0.2, 0) is 28.6 Å². The molecular formula is C39H50N2O8. The fourth-order valence-corrected chi connectivity index (χ4v) is 10.8. The number of carbonyl (C=O) groups is 4. The third-order valence-electron chi connectivity index (χ3n) is 13.2. The Morgan fingerprint density at radius 2 is 1.92 bits per heavy atom. The van der Waals surface area contributed by atoms with Crippen molar-refractivity contribution < 1.29 is 38.5 Å². The Balaban J connectivity index is 1.16. The topological polar surface area (TPSA) is 141 Å². The fourth-order valence-electron chi connectivity index (χ4n) is 10.8. The normalized spacial score (nSPS) is 38.9. The Morgan fingerprint density at radius 3 is 2.63 bits per heavy atom. The standard InChI is InChI=1S/C39H50N2O8/c1-22(2)33(41-34(45)24-11-8-16-40-20-24)35(46)47-21-30(44)39-31(48-36(49-39)23-9-6-5-7-10-23)18-28-27-13-12-25-17-26(42)14-15-37(25,3)32(27)29(43)19-38(28,39)4/h8,11,14-17,20,22-23,27-29,31-33,36,43H,5-7,9-10,12-13,18-19,21H2,1-4H3,(H,41,45)/t27?,28?,29-,31-,32?,33-,36+,37-,38-,39+/m0/s1. The highest BCUT2D eigenvalue weighted by atomic mass is 16.7. The lowest BCUT2D eigenvalue weighted by Gasteiger charge is -2.59. The molecule has 49 heavy (non-hydrogen) atoms. The molecule has 0 aromatic carbocycles. The van der Waals surface area contributed by atoms with E-state index < -0.39 is 59.5 Å². The predicted molar refractivity (Wildman–Crippen MR) is 179 cm³/mol. The van der Waals surface area contributed by atoms with Crippen molar-refractivity contribution in [2.75, 3.05) is 6.61 Å². The number of nitrogens with one attached hydrogen (secondary N) is 1. The van der Waals surface area contributed by atoms with Crippen molar-refractivity contribution in [3.63, 3.8) is 0 Å². The van der Waals surface area contributed by atoms with Crippen LogP contribution >= 0.6 is 0 Å². The number of fused-ring (bicyclic) bond motifs is 7. The zero-order valence-corrected chi connectivity index (χ0v) is 29.1. The van der Waals surface area contributed by atoms with Crippen molar-refractivity contribution >= 4 is 23.4 Å². The maximum absolute atomic E-state index is 14.8. The van der Waals surface area contributed by atoms with Gasteiger partial charge in [-0.05, 0) is 80.6 Å². The maximum Gasteiger partial charge on any atom is 0.329 e. The molecule has 6 aliphatic rings. The van der Waals surface area contributed by atoms with Gasteiger partial charge in [0, 0.05) is 35.1 Å². The number of hydrogen-bond acceptors (Lipinski definition) is 9. The van der Waals surface area contributed by atoms with Crippen molar-refractivity contribution in [1.29, 1.82) is 0 Å². The summed E-state index contributed by atoms with van der Waals surface area (Å²) < 4.78 is 19.5. The van der Waals surface area contributed by atoms with E-state index in [1.807, 2.05) is 6.08 Å². The number of pyridine rings is 1. The number of aliphatic hydroxyl groups is 1. The van der Waals surface area contributed by atoms with Crippen molar-refractivity contribution in [3.8, 4) is 0 Å². The number of hydrogen-bond donors (Lipinski definition) is 2. The molecular weight excluding hydrogens is 624 g/mol. The Hall–Kier alpha value is -3.21. The Morgan fingerprint density at radius 1 is 1.14 bits per heavy atom. The number of rotatable bonds is 8. The molecule has 0 spiro atoms. The molecule has 0 bridgehead atoms. The zero-order valence-electron chi connectivity index (χ0n) is 29.1. The maximum atomic E-state index is 14.8. The summed E-state index contributed by atoms with van der Waals surface area (Å²) in [6.45, 7) is 7.29. The highest BCUT2D eigenvalue weighted by Crippen LogP contribution is 2.70. The molecule has 2 N–H and O–H groups in total. The molecule has 264 valence electrons. The summed E-state index contributed by atoms with van der Waals surface area (Å²) in [5.41, 5.74) is -1.23. The van der Waals surface area contributed by atoms with Gasteiger partial charge in [0.15, 0.2) is 24.3 Å². The molecule has 7 rings (SSSR count). The van der Waals surface area contributed by atoms with Crippen molar-refractivity contribution in [1.82, 2.24) is 10.3 Å². The van der Waals surface area contributed by atoms with Gasteiger partial charge in [-0.2, -0.15) is 0 Å². The third kappa shape index (κ3) is 5.53. The molecule has 10 atom stereocenters. The number of amides is 1. The van der Waals surface area contributed by atoms with Gasteiger partial charge >= 0.3 is 5.97 Å². The van der Waals surface area contributed by atoms with Crippen LogP contribution in [0.3, 0.4) is 0 Å². The van der Waals surface area contributed by atoms with Gasteiger partial charge in [-0.25, -0.2) is 4.79 Å². The van der Waals surface area contributed by atoms with Crippen LogP contribution in [0.1, 0.15) is 95.8 Å². The van der Waals surface area contributed by atoms with Crippen molar-refractivity contribution in [2.24, 2.45) is 40.4 Å². The fraction of sp³-hybridized carbons (Fsp3) is 0.667. The SMILES string of the molecule is CC(C)[C@H](NC(=O)c1cccnc1)C(=O)OCC(=O)[C@@]12O[C@H](C3CCCCC3)O[C@H]1CC1C3CCC4=CC(=O)C=C[C@]4(C)C3[C@@H](O)C[C@@]12C. The number of nitrogens with zero attached hydrogens (tertiary/aromatic N) is 1. The second-order valence-corrected chi connectivity index (χ2v) is 16.2. The first-order chi connectivity index (χ1) is 23.4. The van der Waals surface area contributed by atoms with Gasteiger partial charge < -0.3 is 24.6 Å². The summed E-state index contributed by atoms with van der Waals surface area (Å²) in [5.74, 6) is -1.65. The van der Waals surface area contributed by atoms with E-state index >= 15 is 0 Å². The highest BCUT2D eigenvalue weighted by Gasteiger charge is 2.76. The number of ether oxygens (including phenoxy) is 3. The summed E-state index contributed by atoms with van der Waals surface area (Å²) >= 11 is 0. The number of aromatic nitrogens is 1. The molecule has 5 fully saturated rings. The third-order valence-corrected chi connectivity index (χ3v) is 13.2. The summed E-state index contributed by atoms with van der Waals surface area (Å²) in [6, 6.07) is 2.28. The predicted octanol–water partition coefficient (Wildman–Crippen LogP) is 4.90. The van der Waals surface area contributed by atoms with Crippen LogP contribution in [0.15, 0.2) is 48.3 Å². The van der Waals surface area contributed by atoms with Gasteiger partial charge in [0.2, 0.25) is 5.78 Å². The molecule has 10 nitrogen and oxygen atoms in total. The molecule has 0 radical (unpaired) electrons. The minimum Gasteiger partial charge on any atom is -0.456 e. The van der Waals surface area contributed by atoms with Crippen LogP contribution in [0.4, 0.5) is 0 Å². The molecule has 5 aliphatic carbocycles. The van der Waals surface area contributed by atoms with E-state index in [1.165, 1.54) is 12.6 Å². The molecule has 1 aliphatic heterocycles. The van der Waals surface area contributed by atoms with E-state index in [4.69, 9.17) is 14.2 Å². The van der Waals surface area contributed by atoms with Crippen molar-refractivity contribution in [3.05, 3.63) is 53.9 Å². The minimum atomic E-state index is -1.40. The van der Waals surface area contributed by atoms with Gasteiger partial charge in [0.25, 0.3) is 5.91 Å². The van der Waals surface area contributed by atoms with E-state index in [-0.39, 0.29) is 41.2 Å². The zero-order chi connectivity index (χ0) is 34.7. The number of carbonyl (C=O) groups excluding carboxylic acids is 4. The van der Waals surface area contributed by atoms with Crippen LogP contribution in [0.5, 0.6) is 0 Å². The second kappa shape index (κ2) is 12.8. The molecule has 3 unspecified atom stereocenters. The summed E-state index contributed by atoms with van der Waals surface area (Å²) in [7, 11) is 0. The van der Waals surface area contributed by atoms with Gasteiger partial charge in [-0.15, -0.1) is 0 Å². The van der Waals surface area contributed by atoms with E-state index in [1.54, 1.807) is 44.3 Å². The molecule has 1 aromatic heterocycles. The minimum absolute atomic E-state index is 0.0116. The lowest BCUT2D eigenvalue weighted by atomic mass is 9.46. The second-order valence-electron chi connectivity index (χ2n) is 16.2. The molecule has 4 saturated carbocycles. The Bertz CT molecular complexity index is 1550. The summed E-state index contributed by atoms with van der Waals surface area (Å²) in [6.07, 6.45) is 14.3. The number of ketones is 2. The number of Topliss-reactive ketones (excluding diaryl/α,β-unsaturated/α-hetero) is 1. The highest BCUT2D eigenvalue weighted by molar-refractivity contribution is 6.01. The molecule has 1 saturated heterocycles. The number of aliphatic hydroxyl groups excluding tert-OH is 1. The summed E-state index contributed by atoms with van der Waals surface area (Å²) in [5, 5.41) is 14.8. The quantitative estimate of drug-likeness (QED) is 0.369. The Labute approximate surface area is 288 Å². The van der Waals surface area contributed by atoms with Gasteiger partial charge in [0.1, 0.15) is 6.04 Å². The molecule has 2 heterocycles. The van der Waals surface area contributed by atoms with Gasteiger partial charge in [-0.1, -0.05) is 58.6 Å². The molecule has 1 aromatic rings. The van der Waals surface area contributed by atoms with E-state index in [2.05, 4.69) is 24.1 Å². The van der Waals surface area contributed by atoms with Gasteiger partial charge in [0.05, 0.1) is 17.8 Å². The van der Waals surface area contributed by atoms with Gasteiger partial charge in [-0.3, -0.25) is 19.4 Å². The first kappa shape index (κ1) is 34.2. The van der Waals surface area contributed by atoms with Crippen LogP contribution in [0.2, 0.25) is 0 Å². The number of esters is 1. The first-order valence-corrected chi connectivity index (χ1v) is 18.3. The lowest BCUT2D eigenvalue weighted by molar-refractivity contribution is -0.210. The average molecular weight is 675 g/mol. The van der Waals surface area contributed by atoms with E-state index in [0.717, 1.165) is 44.1 Å². The van der Waals surface area contributed by atoms with E-state index in [9.17, 15) is 24.3 Å². The Kier molecular flexibility index (Phi) is 8.97.